The fraction of sp³-hybridized carbons (Fsp3) is 0.115. The summed E-state index contributed by atoms with van der Waals surface area (Å²) in [4.78, 5) is 29.2. The number of nitrogen functional groups attached to an aromatic ring is 1. The number of carbonyl (C=O) groups is 1. The summed E-state index contributed by atoms with van der Waals surface area (Å²) in [6, 6.07) is 15.2. The van der Waals surface area contributed by atoms with E-state index in [2.05, 4.69) is 30.4 Å². The minimum Gasteiger partial charge on any atom is -0.382 e. The lowest BCUT2D eigenvalue weighted by Gasteiger charge is -2.07. The summed E-state index contributed by atoms with van der Waals surface area (Å²) in [5.41, 5.74) is 11.5. The second kappa shape index (κ2) is 9.07. The molecular weight excluding hydrogens is 492 g/mol. The maximum atomic E-state index is 13.1. The van der Waals surface area contributed by atoms with Crippen LogP contribution < -0.4 is 11.1 Å². The number of imidazole rings is 1. The number of aromatic amines is 1. The summed E-state index contributed by atoms with van der Waals surface area (Å²) < 4.78 is 7.22. The number of benzene rings is 2. The monoisotopic (exact) mass is 512 g/mol. The number of anilines is 1. The molecule has 4 N–H and O–H groups in total. The Morgan fingerprint density at radius 2 is 2.00 bits per heavy atom. The Labute approximate surface area is 215 Å². The number of aryl methyl sites for hydroxylation is 1. The third kappa shape index (κ3) is 4.17. The fourth-order valence-electron chi connectivity index (χ4n) is 4.45. The third-order valence-corrected chi connectivity index (χ3v) is 6.40. The van der Waals surface area contributed by atoms with E-state index in [1.54, 1.807) is 13.3 Å². The summed E-state index contributed by atoms with van der Waals surface area (Å²) in [7, 11) is 0. The zero-order chi connectivity index (χ0) is 25.5. The van der Waals surface area contributed by atoms with Gasteiger partial charge in [0.05, 0.1) is 24.9 Å². The maximum absolute atomic E-state index is 13.1. The van der Waals surface area contributed by atoms with Gasteiger partial charge in [-0.05, 0) is 30.7 Å². The smallest absolute Gasteiger partial charge is 0.257 e. The molecule has 0 radical (unpaired) electrons. The number of nitrogens with two attached hydrogens (primary N) is 1. The standard InChI is InChI=1S/C26H21ClN8O2/c1-14-20(22(34-37-14)15-5-3-2-4-6-15)26(36)29-10-19-9-16-7-18(27)8-17(21(16)33-19)11-35-13-32-23-24(28)30-12-31-25(23)35/h2-9,12-13,33H,10-11H2,1H3,(H,29,36)(H2,28,30,31). The van der Waals surface area contributed by atoms with Crippen LogP contribution in [0, 0.1) is 6.92 Å². The zero-order valence-corrected chi connectivity index (χ0v) is 20.5. The first-order valence-electron chi connectivity index (χ1n) is 11.5. The number of nitrogens with zero attached hydrogens (tertiary/aromatic N) is 5. The zero-order valence-electron chi connectivity index (χ0n) is 19.7. The van der Waals surface area contributed by atoms with E-state index < -0.39 is 0 Å². The predicted octanol–water partition coefficient (Wildman–Crippen LogP) is 4.48. The number of nitrogens with one attached hydrogen (secondary N) is 2. The molecule has 0 aliphatic carbocycles. The quantitative estimate of drug-likeness (QED) is 0.298. The van der Waals surface area contributed by atoms with Crippen LogP contribution in [0.4, 0.5) is 5.82 Å². The van der Waals surface area contributed by atoms with E-state index in [1.807, 2.05) is 53.1 Å². The van der Waals surface area contributed by atoms with Crippen LogP contribution in [0.3, 0.4) is 0 Å². The van der Waals surface area contributed by atoms with Crippen molar-refractivity contribution >= 4 is 45.4 Å². The van der Waals surface area contributed by atoms with Gasteiger partial charge in [0.2, 0.25) is 0 Å². The molecule has 0 unspecified atom stereocenters. The molecule has 0 saturated carbocycles. The van der Waals surface area contributed by atoms with Crippen molar-refractivity contribution in [1.82, 2.24) is 35.0 Å². The Hall–Kier alpha value is -4.70. The number of H-pyrrole nitrogens is 1. The summed E-state index contributed by atoms with van der Waals surface area (Å²) in [6.07, 6.45) is 3.09. The van der Waals surface area contributed by atoms with Crippen LogP contribution >= 0.6 is 11.6 Å². The van der Waals surface area contributed by atoms with Crippen LogP contribution in [0.15, 0.2) is 65.7 Å². The van der Waals surface area contributed by atoms with Crippen LogP contribution in [0.2, 0.25) is 5.02 Å². The maximum Gasteiger partial charge on any atom is 0.257 e. The minimum absolute atomic E-state index is 0.267. The predicted molar refractivity (Wildman–Crippen MR) is 140 cm³/mol. The Balaban J connectivity index is 1.27. The van der Waals surface area contributed by atoms with Gasteiger partial charge in [-0.15, -0.1) is 0 Å². The third-order valence-electron chi connectivity index (χ3n) is 6.18. The SMILES string of the molecule is Cc1onc(-c2ccccc2)c1C(=O)NCc1cc2cc(Cl)cc(Cn3cnc4c(N)ncnc43)c2[nH]1. The number of fused-ring (bicyclic) bond motifs is 2. The van der Waals surface area contributed by atoms with Gasteiger partial charge in [-0.25, -0.2) is 15.0 Å². The Morgan fingerprint density at radius 1 is 1.16 bits per heavy atom. The largest absolute Gasteiger partial charge is 0.382 e. The molecule has 37 heavy (non-hydrogen) atoms. The first-order chi connectivity index (χ1) is 18.0. The molecule has 0 bridgehead atoms. The second-order valence-corrected chi connectivity index (χ2v) is 9.07. The summed E-state index contributed by atoms with van der Waals surface area (Å²) in [5.74, 6) is 0.520. The number of aromatic nitrogens is 6. The molecule has 0 saturated heterocycles. The molecule has 0 aliphatic rings. The summed E-state index contributed by atoms with van der Waals surface area (Å²) in [6.45, 7) is 2.47. The van der Waals surface area contributed by atoms with Crippen molar-refractivity contribution in [2.75, 3.05) is 5.73 Å². The molecular formula is C26H21ClN8O2. The number of hydrogen-bond acceptors (Lipinski definition) is 7. The van der Waals surface area contributed by atoms with E-state index in [9.17, 15) is 4.79 Å². The Morgan fingerprint density at radius 3 is 2.84 bits per heavy atom. The van der Waals surface area contributed by atoms with Crippen molar-refractivity contribution in [3.05, 3.63) is 88.8 Å². The Bertz CT molecular complexity index is 1770. The molecule has 0 aliphatic heterocycles. The van der Waals surface area contributed by atoms with Gasteiger partial charge in [0.1, 0.15) is 28.9 Å². The van der Waals surface area contributed by atoms with Crippen LogP contribution in [-0.2, 0) is 13.1 Å². The molecule has 6 aromatic rings. The minimum atomic E-state index is -0.267. The highest BCUT2D eigenvalue weighted by molar-refractivity contribution is 6.31. The molecule has 4 heterocycles. The van der Waals surface area contributed by atoms with Gasteiger partial charge in [0, 0.05) is 21.7 Å². The van der Waals surface area contributed by atoms with E-state index in [0.29, 0.717) is 45.6 Å². The first kappa shape index (κ1) is 22.7. The molecule has 6 rings (SSSR count). The van der Waals surface area contributed by atoms with Crippen molar-refractivity contribution in [2.24, 2.45) is 0 Å². The van der Waals surface area contributed by atoms with Gasteiger partial charge in [-0.3, -0.25) is 4.79 Å². The molecule has 0 spiro atoms. The molecule has 1 amide bonds. The van der Waals surface area contributed by atoms with Crippen molar-refractivity contribution in [3.8, 4) is 11.3 Å². The highest BCUT2D eigenvalue weighted by Crippen LogP contribution is 2.28. The van der Waals surface area contributed by atoms with E-state index in [0.717, 1.165) is 27.7 Å². The number of halogens is 1. The fourth-order valence-corrected chi connectivity index (χ4v) is 4.70. The van der Waals surface area contributed by atoms with Gasteiger partial charge in [0.15, 0.2) is 11.5 Å². The highest BCUT2D eigenvalue weighted by Gasteiger charge is 2.21. The molecule has 0 fully saturated rings. The van der Waals surface area contributed by atoms with Crippen molar-refractivity contribution in [1.29, 1.82) is 0 Å². The van der Waals surface area contributed by atoms with Gasteiger partial charge < -0.3 is 25.1 Å². The number of hydrogen-bond donors (Lipinski definition) is 3. The molecule has 4 aromatic heterocycles. The van der Waals surface area contributed by atoms with E-state index in [-0.39, 0.29) is 12.5 Å². The molecule has 11 heteroatoms. The van der Waals surface area contributed by atoms with Gasteiger partial charge in [0.25, 0.3) is 5.91 Å². The topological polar surface area (TPSA) is 141 Å². The second-order valence-electron chi connectivity index (χ2n) is 8.64. The van der Waals surface area contributed by atoms with Crippen molar-refractivity contribution in [2.45, 2.75) is 20.0 Å². The van der Waals surface area contributed by atoms with Gasteiger partial charge >= 0.3 is 0 Å². The van der Waals surface area contributed by atoms with Gasteiger partial charge in [-0.1, -0.05) is 47.1 Å². The molecule has 10 nitrogen and oxygen atoms in total. The molecule has 184 valence electrons. The van der Waals surface area contributed by atoms with Crippen molar-refractivity contribution in [3.63, 3.8) is 0 Å². The Kier molecular flexibility index (Phi) is 5.57. The first-order valence-corrected chi connectivity index (χ1v) is 11.9. The average molecular weight is 513 g/mol. The van der Waals surface area contributed by atoms with Crippen LogP contribution in [0.25, 0.3) is 33.3 Å². The summed E-state index contributed by atoms with van der Waals surface area (Å²) >= 11 is 6.43. The number of rotatable bonds is 6. The summed E-state index contributed by atoms with van der Waals surface area (Å²) in [5, 5.41) is 8.60. The molecule has 2 aromatic carbocycles. The van der Waals surface area contributed by atoms with Crippen LogP contribution in [0.1, 0.15) is 27.4 Å². The average Bonchev–Trinajstić information content (AvgIpc) is 3.60. The lowest BCUT2D eigenvalue weighted by atomic mass is 10.1. The van der Waals surface area contributed by atoms with Crippen LogP contribution in [0.5, 0.6) is 0 Å². The lowest BCUT2D eigenvalue weighted by molar-refractivity contribution is 0.0949. The van der Waals surface area contributed by atoms with E-state index >= 15 is 0 Å². The van der Waals surface area contributed by atoms with Gasteiger partial charge in [-0.2, -0.15) is 0 Å². The van der Waals surface area contributed by atoms with E-state index in [1.165, 1.54) is 6.33 Å². The number of amides is 1. The number of carbonyl (C=O) groups excluding carboxylic acids is 1. The van der Waals surface area contributed by atoms with Crippen molar-refractivity contribution < 1.29 is 9.32 Å². The normalized spacial score (nSPS) is 11.4. The van der Waals surface area contributed by atoms with Crippen LogP contribution in [-0.4, -0.2) is 35.6 Å². The highest BCUT2D eigenvalue weighted by atomic mass is 35.5. The molecule has 0 atom stereocenters. The van der Waals surface area contributed by atoms with E-state index in [4.69, 9.17) is 21.9 Å². The lowest BCUT2D eigenvalue weighted by Crippen LogP contribution is -2.23.